The van der Waals surface area contributed by atoms with Crippen LogP contribution >= 0.6 is 11.6 Å². The Morgan fingerprint density at radius 2 is 1.53 bits per heavy atom. The monoisotopic (exact) mass is 244 g/mol. The van der Waals surface area contributed by atoms with E-state index in [0.29, 0.717) is 5.39 Å². The fourth-order valence-electron chi connectivity index (χ4n) is 2.09. The molecule has 0 saturated carbocycles. The van der Waals surface area contributed by atoms with E-state index in [1.165, 1.54) is 0 Å². The quantitative estimate of drug-likeness (QED) is 0.463. The molecular formula is C14H9ClO2. The van der Waals surface area contributed by atoms with Gasteiger partial charge in [-0.05, 0) is 28.3 Å². The van der Waals surface area contributed by atoms with Crippen LogP contribution in [-0.2, 0) is 0 Å². The summed E-state index contributed by atoms with van der Waals surface area (Å²) in [5, 5.41) is 23.1. The fourth-order valence-corrected chi connectivity index (χ4v) is 2.29. The van der Waals surface area contributed by atoms with Crippen molar-refractivity contribution in [2.75, 3.05) is 0 Å². The third-order valence-electron chi connectivity index (χ3n) is 2.95. The summed E-state index contributed by atoms with van der Waals surface area (Å²) in [4.78, 5) is 0. The minimum Gasteiger partial charge on any atom is -0.504 e. The molecule has 2 nitrogen and oxygen atoms in total. The van der Waals surface area contributed by atoms with Gasteiger partial charge in [0.1, 0.15) is 0 Å². The number of aromatic hydroxyl groups is 2. The van der Waals surface area contributed by atoms with Gasteiger partial charge in [-0.2, -0.15) is 0 Å². The first kappa shape index (κ1) is 10.2. The highest BCUT2D eigenvalue weighted by Crippen LogP contribution is 2.41. The second-order valence-corrected chi connectivity index (χ2v) is 4.34. The van der Waals surface area contributed by atoms with E-state index in [4.69, 9.17) is 11.6 Å². The van der Waals surface area contributed by atoms with Crippen LogP contribution in [-0.4, -0.2) is 10.2 Å². The van der Waals surface area contributed by atoms with Gasteiger partial charge < -0.3 is 10.2 Å². The Morgan fingerprint density at radius 1 is 0.765 bits per heavy atom. The van der Waals surface area contributed by atoms with Crippen LogP contribution in [0, 0.1) is 0 Å². The van der Waals surface area contributed by atoms with Crippen molar-refractivity contribution >= 4 is 33.1 Å². The SMILES string of the molecule is Oc1c(Cl)cc2c(ccc3ccccc32)c1O. The zero-order valence-electron chi connectivity index (χ0n) is 8.81. The molecule has 17 heavy (non-hydrogen) atoms. The topological polar surface area (TPSA) is 40.5 Å². The third-order valence-corrected chi connectivity index (χ3v) is 3.24. The molecule has 0 bridgehead atoms. The van der Waals surface area contributed by atoms with E-state index in [1.807, 2.05) is 30.3 Å². The van der Waals surface area contributed by atoms with Crippen molar-refractivity contribution in [1.82, 2.24) is 0 Å². The van der Waals surface area contributed by atoms with Gasteiger partial charge in [0.25, 0.3) is 0 Å². The van der Waals surface area contributed by atoms with Gasteiger partial charge in [0.05, 0.1) is 5.02 Å². The van der Waals surface area contributed by atoms with Crippen molar-refractivity contribution in [3.05, 3.63) is 47.5 Å². The summed E-state index contributed by atoms with van der Waals surface area (Å²) in [6, 6.07) is 13.2. The fraction of sp³-hybridized carbons (Fsp3) is 0. The number of rotatable bonds is 0. The molecule has 0 fully saturated rings. The van der Waals surface area contributed by atoms with Crippen LogP contribution in [0.5, 0.6) is 11.5 Å². The zero-order chi connectivity index (χ0) is 12.0. The first-order valence-electron chi connectivity index (χ1n) is 5.20. The Labute approximate surface area is 103 Å². The molecule has 0 aromatic heterocycles. The Bertz CT molecular complexity index is 735. The first-order valence-corrected chi connectivity index (χ1v) is 5.58. The summed E-state index contributed by atoms with van der Waals surface area (Å²) in [7, 11) is 0. The summed E-state index contributed by atoms with van der Waals surface area (Å²) in [5.74, 6) is -0.437. The lowest BCUT2D eigenvalue weighted by Gasteiger charge is -2.08. The molecule has 0 unspecified atom stereocenters. The minimum atomic E-state index is -0.269. The number of phenols is 2. The minimum absolute atomic E-state index is 0.159. The average molecular weight is 245 g/mol. The van der Waals surface area contributed by atoms with Gasteiger partial charge in [0.15, 0.2) is 11.5 Å². The normalized spacial score (nSPS) is 11.1. The predicted molar refractivity (Wildman–Crippen MR) is 69.8 cm³/mol. The van der Waals surface area contributed by atoms with Gasteiger partial charge in [-0.15, -0.1) is 0 Å². The predicted octanol–water partition coefficient (Wildman–Crippen LogP) is 4.06. The van der Waals surface area contributed by atoms with Gasteiger partial charge in [-0.3, -0.25) is 0 Å². The number of halogens is 1. The molecule has 0 aliphatic rings. The molecule has 0 aliphatic heterocycles. The van der Waals surface area contributed by atoms with E-state index in [1.54, 1.807) is 12.1 Å². The highest BCUT2D eigenvalue weighted by molar-refractivity contribution is 6.34. The van der Waals surface area contributed by atoms with Crippen LogP contribution in [0.2, 0.25) is 5.02 Å². The Hall–Kier alpha value is -1.93. The van der Waals surface area contributed by atoms with E-state index in [9.17, 15) is 10.2 Å². The maximum absolute atomic E-state index is 9.86. The summed E-state index contributed by atoms with van der Waals surface area (Å²) >= 11 is 5.88. The summed E-state index contributed by atoms with van der Waals surface area (Å²) < 4.78 is 0. The molecule has 3 aromatic rings. The lowest BCUT2D eigenvalue weighted by molar-refractivity contribution is 0.408. The lowest BCUT2D eigenvalue weighted by Crippen LogP contribution is -1.80. The maximum atomic E-state index is 9.86. The second kappa shape index (κ2) is 3.54. The van der Waals surface area contributed by atoms with Crippen LogP contribution < -0.4 is 0 Å². The van der Waals surface area contributed by atoms with Gasteiger partial charge in [-0.25, -0.2) is 0 Å². The summed E-state index contributed by atoms with van der Waals surface area (Å²) in [6.07, 6.45) is 0. The number of hydrogen-bond acceptors (Lipinski definition) is 2. The van der Waals surface area contributed by atoms with Crippen molar-refractivity contribution in [1.29, 1.82) is 0 Å². The molecular weight excluding hydrogens is 236 g/mol. The summed E-state index contributed by atoms with van der Waals surface area (Å²) in [5.41, 5.74) is 0. The largest absolute Gasteiger partial charge is 0.504 e. The lowest BCUT2D eigenvalue weighted by atomic mass is 10.0. The van der Waals surface area contributed by atoms with Crippen molar-refractivity contribution in [2.45, 2.75) is 0 Å². The Morgan fingerprint density at radius 3 is 2.35 bits per heavy atom. The molecule has 0 heterocycles. The third kappa shape index (κ3) is 1.41. The molecule has 3 aromatic carbocycles. The van der Waals surface area contributed by atoms with E-state index in [2.05, 4.69) is 0 Å². The maximum Gasteiger partial charge on any atom is 0.177 e. The Balaban J connectivity index is 2.59. The Kier molecular flexibility index (Phi) is 2.13. The standard InChI is InChI=1S/C14H9ClO2/c15-12-7-11-9-4-2-1-3-8(9)5-6-10(11)13(16)14(12)17/h1-7,16-17H. The van der Waals surface area contributed by atoms with Crippen LogP contribution in [0.4, 0.5) is 0 Å². The molecule has 0 atom stereocenters. The molecule has 0 radical (unpaired) electrons. The molecule has 3 rings (SSSR count). The highest BCUT2D eigenvalue weighted by Gasteiger charge is 2.11. The number of phenolic OH excluding ortho intramolecular Hbond substituents is 2. The van der Waals surface area contributed by atoms with Crippen molar-refractivity contribution in [3.63, 3.8) is 0 Å². The van der Waals surface area contributed by atoms with Crippen LogP contribution in [0.3, 0.4) is 0 Å². The van der Waals surface area contributed by atoms with Crippen LogP contribution in [0.1, 0.15) is 0 Å². The van der Waals surface area contributed by atoms with Crippen LogP contribution in [0.15, 0.2) is 42.5 Å². The number of benzene rings is 3. The molecule has 0 spiro atoms. The number of fused-ring (bicyclic) bond motifs is 3. The molecule has 3 heteroatoms. The molecule has 84 valence electrons. The van der Waals surface area contributed by atoms with E-state index >= 15 is 0 Å². The highest BCUT2D eigenvalue weighted by atomic mass is 35.5. The molecule has 0 saturated heterocycles. The van der Waals surface area contributed by atoms with Gasteiger partial charge in [0.2, 0.25) is 0 Å². The molecule has 0 aliphatic carbocycles. The van der Waals surface area contributed by atoms with E-state index in [-0.39, 0.29) is 16.5 Å². The number of hydrogen-bond donors (Lipinski definition) is 2. The van der Waals surface area contributed by atoms with E-state index in [0.717, 1.165) is 16.2 Å². The summed E-state index contributed by atoms with van der Waals surface area (Å²) in [6.45, 7) is 0. The second-order valence-electron chi connectivity index (χ2n) is 3.94. The van der Waals surface area contributed by atoms with Crippen molar-refractivity contribution < 1.29 is 10.2 Å². The smallest absolute Gasteiger partial charge is 0.177 e. The van der Waals surface area contributed by atoms with E-state index < -0.39 is 0 Å². The van der Waals surface area contributed by atoms with Gasteiger partial charge in [0, 0.05) is 5.39 Å². The average Bonchev–Trinajstić information content (AvgIpc) is 2.36. The van der Waals surface area contributed by atoms with Crippen molar-refractivity contribution in [2.24, 2.45) is 0 Å². The van der Waals surface area contributed by atoms with Gasteiger partial charge in [-0.1, -0.05) is 41.9 Å². The zero-order valence-corrected chi connectivity index (χ0v) is 9.57. The van der Waals surface area contributed by atoms with Crippen molar-refractivity contribution in [3.8, 4) is 11.5 Å². The van der Waals surface area contributed by atoms with Crippen LogP contribution in [0.25, 0.3) is 21.5 Å². The molecule has 2 N–H and O–H groups in total. The molecule has 0 amide bonds. The first-order chi connectivity index (χ1) is 8.18. The van der Waals surface area contributed by atoms with Gasteiger partial charge >= 0.3 is 0 Å².